The van der Waals surface area contributed by atoms with Gasteiger partial charge in [-0.15, -0.1) is 11.3 Å². The third-order valence-electron chi connectivity index (χ3n) is 3.86. The predicted molar refractivity (Wildman–Crippen MR) is 86.4 cm³/mol. The van der Waals surface area contributed by atoms with Gasteiger partial charge in [0.25, 0.3) is 0 Å². The smallest absolute Gasteiger partial charge is 0.0944 e. The minimum atomic E-state index is 0.829. The highest BCUT2D eigenvalue weighted by Gasteiger charge is 2.16. The van der Waals surface area contributed by atoms with Crippen molar-refractivity contribution in [3.63, 3.8) is 0 Å². The summed E-state index contributed by atoms with van der Waals surface area (Å²) in [5, 5.41) is 1.29. The van der Waals surface area contributed by atoms with Crippen molar-refractivity contribution in [3.8, 4) is 0 Å². The van der Waals surface area contributed by atoms with Crippen molar-refractivity contribution in [1.29, 1.82) is 0 Å². The van der Waals surface area contributed by atoms with Crippen LogP contribution in [0.1, 0.15) is 29.4 Å². The van der Waals surface area contributed by atoms with Crippen LogP contribution in [-0.4, -0.2) is 54.1 Å². The normalized spacial score (nSPS) is 18.1. The molecule has 0 atom stereocenters. The maximum Gasteiger partial charge on any atom is 0.0944 e. The number of nitrogens with zero attached hydrogens (tertiary/aromatic N) is 3. The molecular formula is C14H25N3S2. The quantitative estimate of drug-likeness (QED) is 0.814. The Balaban J connectivity index is 1.81. The Hall–Kier alpha value is -0.100. The third kappa shape index (κ3) is 4.18. The van der Waals surface area contributed by atoms with E-state index in [1.54, 1.807) is 0 Å². The molecule has 1 saturated heterocycles. The number of hydrogen-bond acceptors (Lipinski definition) is 5. The van der Waals surface area contributed by atoms with E-state index in [2.05, 4.69) is 36.3 Å². The molecule has 19 heavy (non-hydrogen) atoms. The Morgan fingerprint density at radius 2 is 1.84 bits per heavy atom. The molecule has 5 heteroatoms. The van der Waals surface area contributed by atoms with Gasteiger partial charge in [-0.05, 0) is 13.0 Å². The van der Waals surface area contributed by atoms with E-state index in [-0.39, 0.29) is 0 Å². The topological polar surface area (TPSA) is 19.4 Å². The molecule has 1 fully saturated rings. The maximum absolute atomic E-state index is 4.75. The molecule has 1 aliphatic rings. The summed E-state index contributed by atoms with van der Waals surface area (Å²) in [6, 6.07) is 0. The number of piperazine rings is 1. The lowest BCUT2D eigenvalue weighted by Gasteiger charge is -2.33. The van der Waals surface area contributed by atoms with Crippen LogP contribution in [0.5, 0.6) is 0 Å². The molecule has 1 aromatic heterocycles. The molecule has 108 valence electrons. The van der Waals surface area contributed by atoms with Gasteiger partial charge in [0.1, 0.15) is 0 Å². The summed E-state index contributed by atoms with van der Waals surface area (Å²) >= 11 is 6.25. The van der Waals surface area contributed by atoms with Gasteiger partial charge in [0.05, 0.1) is 10.7 Å². The number of aromatic nitrogens is 1. The lowest BCUT2D eigenvalue weighted by Crippen LogP contribution is -2.46. The molecular weight excluding hydrogens is 274 g/mol. The van der Waals surface area contributed by atoms with Crippen molar-refractivity contribution in [2.75, 3.05) is 39.3 Å². The average Bonchev–Trinajstić information content (AvgIpc) is 2.88. The third-order valence-corrected chi connectivity index (χ3v) is 5.54. The Morgan fingerprint density at radius 3 is 2.37 bits per heavy atom. The van der Waals surface area contributed by atoms with E-state index in [1.165, 1.54) is 48.3 Å². The number of rotatable bonds is 6. The number of aryl methyl sites for hydroxylation is 1. The molecule has 3 nitrogen and oxygen atoms in total. The summed E-state index contributed by atoms with van der Waals surface area (Å²) in [5.41, 5.74) is 1.26. The van der Waals surface area contributed by atoms with E-state index in [4.69, 9.17) is 4.98 Å². The van der Waals surface area contributed by atoms with Gasteiger partial charge in [0.15, 0.2) is 0 Å². The molecule has 0 amide bonds. The van der Waals surface area contributed by atoms with Gasteiger partial charge in [-0.1, -0.05) is 13.8 Å². The van der Waals surface area contributed by atoms with Crippen LogP contribution in [-0.2, 0) is 18.6 Å². The average molecular weight is 300 g/mol. The highest BCUT2D eigenvalue weighted by atomic mass is 32.1. The standard InChI is InChI=1S/C14H25N3S2/c1-3-12-13(11-18)19-14(15-12)5-6-17-9-7-16(4-2)8-10-17/h18H,3-11H2,1-2H3. The van der Waals surface area contributed by atoms with Gasteiger partial charge in [-0.25, -0.2) is 4.98 Å². The summed E-state index contributed by atoms with van der Waals surface area (Å²) in [5.74, 6) is 0.829. The molecule has 0 N–H and O–H groups in total. The fraction of sp³-hybridized carbons (Fsp3) is 0.786. The van der Waals surface area contributed by atoms with E-state index < -0.39 is 0 Å². The molecule has 0 radical (unpaired) electrons. The van der Waals surface area contributed by atoms with Crippen molar-refractivity contribution in [2.24, 2.45) is 0 Å². The molecule has 0 aromatic carbocycles. The molecule has 0 saturated carbocycles. The summed E-state index contributed by atoms with van der Waals surface area (Å²) in [6.45, 7) is 11.6. The summed E-state index contributed by atoms with van der Waals surface area (Å²) < 4.78 is 0. The lowest BCUT2D eigenvalue weighted by molar-refractivity contribution is 0.138. The second-order valence-corrected chi connectivity index (χ2v) is 6.50. The summed E-state index contributed by atoms with van der Waals surface area (Å²) in [7, 11) is 0. The van der Waals surface area contributed by atoms with E-state index in [0.29, 0.717) is 0 Å². The Bertz CT molecular complexity index is 363. The van der Waals surface area contributed by atoms with Gasteiger partial charge in [0.2, 0.25) is 0 Å². The largest absolute Gasteiger partial charge is 0.301 e. The van der Waals surface area contributed by atoms with Gasteiger partial charge < -0.3 is 9.80 Å². The fourth-order valence-electron chi connectivity index (χ4n) is 2.53. The Kier molecular flexibility index (Phi) is 6.13. The second-order valence-electron chi connectivity index (χ2n) is 5.02. The summed E-state index contributed by atoms with van der Waals surface area (Å²) in [4.78, 5) is 11.2. The first-order valence-corrected chi connectivity index (χ1v) is 8.74. The first-order chi connectivity index (χ1) is 9.26. The fourth-order valence-corrected chi connectivity index (χ4v) is 3.91. The number of thiazole rings is 1. The molecule has 0 unspecified atom stereocenters. The zero-order valence-corrected chi connectivity index (χ0v) is 13.8. The zero-order valence-electron chi connectivity index (χ0n) is 12.1. The first kappa shape index (κ1) is 15.3. The number of likely N-dealkylation sites (N-methyl/N-ethyl adjacent to an activating group) is 1. The molecule has 0 bridgehead atoms. The SMILES string of the molecule is CCc1nc(CCN2CCN(CC)CC2)sc1CS. The molecule has 1 aromatic rings. The lowest BCUT2D eigenvalue weighted by atomic mass is 10.3. The zero-order chi connectivity index (χ0) is 13.7. The minimum Gasteiger partial charge on any atom is -0.301 e. The van der Waals surface area contributed by atoms with Crippen LogP contribution in [0.25, 0.3) is 0 Å². The molecule has 2 heterocycles. The molecule has 0 aliphatic carbocycles. The monoisotopic (exact) mass is 299 g/mol. The number of hydrogen-bond donors (Lipinski definition) is 1. The van der Waals surface area contributed by atoms with E-state index in [1.807, 2.05) is 11.3 Å². The van der Waals surface area contributed by atoms with Crippen LogP contribution in [0.3, 0.4) is 0 Å². The van der Waals surface area contributed by atoms with Crippen LogP contribution >= 0.6 is 24.0 Å². The predicted octanol–water partition coefficient (Wildman–Crippen LogP) is 2.32. The van der Waals surface area contributed by atoms with Crippen LogP contribution < -0.4 is 0 Å². The Morgan fingerprint density at radius 1 is 1.16 bits per heavy atom. The van der Waals surface area contributed by atoms with Crippen molar-refractivity contribution in [2.45, 2.75) is 32.4 Å². The van der Waals surface area contributed by atoms with Crippen molar-refractivity contribution >= 4 is 24.0 Å². The van der Waals surface area contributed by atoms with Crippen LogP contribution in [0, 0.1) is 0 Å². The minimum absolute atomic E-state index is 0.829. The first-order valence-electron chi connectivity index (χ1n) is 7.29. The van der Waals surface area contributed by atoms with Crippen molar-refractivity contribution < 1.29 is 0 Å². The van der Waals surface area contributed by atoms with E-state index in [0.717, 1.165) is 25.1 Å². The van der Waals surface area contributed by atoms with Gasteiger partial charge in [-0.3, -0.25) is 0 Å². The maximum atomic E-state index is 4.75. The second kappa shape index (κ2) is 7.62. The molecule has 0 spiro atoms. The molecule has 2 rings (SSSR count). The van der Waals surface area contributed by atoms with Crippen molar-refractivity contribution in [3.05, 3.63) is 15.6 Å². The summed E-state index contributed by atoms with van der Waals surface area (Å²) in [6.07, 6.45) is 2.12. The van der Waals surface area contributed by atoms with Crippen LogP contribution in [0.2, 0.25) is 0 Å². The highest BCUT2D eigenvalue weighted by Crippen LogP contribution is 2.21. The van der Waals surface area contributed by atoms with Gasteiger partial charge in [-0.2, -0.15) is 12.6 Å². The van der Waals surface area contributed by atoms with Crippen molar-refractivity contribution in [1.82, 2.24) is 14.8 Å². The number of thiol groups is 1. The van der Waals surface area contributed by atoms with E-state index in [9.17, 15) is 0 Å². The molecule has 1 aliphatic heterocycles. The highest BCUT2D eigenvalue weighted by molar-refractivity contribution is 7.79. The van der Waals surface area contributed by atoms with Gasteiger partial charge >= 0.3 is 0 Å². The van der Waals surface area contributed by atoms with E-state index >= 15 is 0 Å². The van der Waals surface area contributed by atoms with Crippen LogP contribution in [0.4, 0.5) is 0 Å². The van der Waals surface area contributed by atoms with Gasteiger partial charge in [0, 0.05) is 49.8 Å². The Labute approximate surface area is 126 Å². The van der Waals surface area contributed by atoms with Crippen LogP contribution in [0.15, 0.2) is 0 Å².